The van der Waals surface area contributed by atoms with E-state index in [1.807, 2.05) is 0 Å². The van der Waals surface area contributed by atoms with Crippen LogP contribution in [0, 0.1) is 11.3 Å². The van der Waals surface area contributed by atoms with Crippen molar-refractivity contribution in [1.82, 2.24) is 0 Å². The van der Waals surface area contributed by atoms with Crippen LogP contribution in [0.15, 0.2) is 11.1 Å². The highest BCUT2D eigenvalue weighted by molar-refractivity contribution is 5.26. The first kappa shape index (κ1) is 21.7. The molecule has 0 heterocycles. The van der Waals surface area contributed by atoms with Gasteiger partial charge in [-0.25, -0.2) is 0 Å². The Kier molecular flexibility index (Phi) is 10.2. The lowest BCUT2D eigenvalue weighted by atomic mass is 9.85. The molecule has 0 aliphatic heterocycles. The van der Waals surface area contributed by atoms with E-state index < -0.39 is 0 Å². The summed E-state index contributed by atoms with van der Waals surface area (Å²) in [4.78, 5) is 0. The van der Waals surface area contributed by atoms with E-state index >= 15 is 0 Å². The van der Waals surface area contributed by atoms with Crippen LogP contribution in [0.25, 0.3) is 0 Å². The average molecular weight is 339 g/mol. The first-order valence-corrected chi connectivity index (χ1v) is 10.3. The molecule has 1 aliphatic rings. The number of rotatable bonds is 13. The van der Waals surface area contributed by atoms with Crippen LogP contribution in [0.5, 0.6) is 0 Å². The van der Waals surface area contributed by atoms with Crippen molar-refractivity contribution in [3.8, 4) is 0 Å². The molecule has 1 aliphatic carbocycles. The Balaban J connectivity index is 2.54. The van der Waals surface area contributed by atoms with Crippen LogP contribution in [0.1, 0.15) is 99.3 Å². The van der Waals surface area contributed by atoms with Crippen LogP contribution < -0.4 is 0 Å². The van der Waals surface area contributed by atoms with Crippen molar-refractivity contribution in [2.45, 2.75) is 106 Å². The van der Waals surface area contributed by atoms with Gasteiger partial charge in [-0.3, -0.25) is 0 Å². The van der Waals surface area contributed by atoms with Gasteiger partial charge in [-0.2, -0.15) is 0 Å². The molecule has 0 fully saturated rings. The number of hydrogen-bond donors (Lipinski definition) is 0. The highest BCUT2D eigenvalue weighted by Gasteiger charge is 2.39. The Bertz CT molecular complexity index is 356. The summed E-state index contributed by atoms with van der Waals surface area (Å²) in [6.45, 7) is 15.4. The van der Waals surface area contributed by atoms with E-state index in [1.54, 1.807) is 0 Å². The third-order valence-corrected chi connectivity index (χ3v) is 5.78. The zero-order valence-electron chi connectivity index (χ0n) is 17.2. The summed E-state index contributed by atoms with van der Waals surface area (Å²) in [5.41, 5.74) is 3.30. The summed E-state index contributed by atoms with van der Waals surface area (Å²) >= 11 is 0. The quantitative estimate of drug-likeness (QED) is 0.207. The van der Waals surface area contributed by atoms with Gasteiger partial charge in [0.1, 0.15) is 0 Å². The predicted molar refractivity (Wildman–Crippen MR) is 104 cm³/mol. The van der Waals surface area contributed by atoms with Gasteiger partial charge in [-0.05, 0) is 38.5 Å². The fourth-order valence-electron chi connectivity index (χ4n) is 3.71. The van der Waals surface area contributed by atoms with Crippen molar-refractivity contribution in [3.63, 3.8) is 0 Å². The summed E-state index contributed by atoms with van der Waals surface area (Å²) < 4.78 is 12.5. The van der Waals surface area contributed by atoms with Crippen molar-refractivity contribution in [3.05, 3.63) is 11.1 Å². The minimum absolute atomic E-state index is 0.0509. The Morgan fingerprint density at radius 2 is 1.38 bits per heavy atom. The standard InChI is InChI=1S/C22H42O2/c1-7-9-11-13-15-23-21(24-16-14-12-10-8-2)20-17-22(5,6)19(4)18(20)3/h20-21H,7-17H2,1-6H3. The zero-order chi connectivity index (χ0) is 18.0. The van der Waals surface area contributed by atoms with Crippen LogP contribution in [0.4, 0.5) is 0 Å². The molecule has 0 bridgehead atoms. The van der Waals surface area contributed by atoms with Gasteiger partial charge in [0.25, 0.3) is 0 Å². The fourth-order valence-corrected chi connectivity index (χ4v) is 3.71. The Hall–Kier alpha value is -0.340. The second-order valence-corrected chi connectivity index (χ2v) is 8.23. The number of allylic oxidation sites excluding steroid dienone is 1. The highest BCUT2D eigenvalue weighted by Crippen LogP contribution is 2.47. The number of unbranched alkanes of at least 4 members (excludes halogenated alkanes) is 6. The largest absolute Gasteiger partial charge is 0.352 e. The molecule has 2 nitrogen and oxygen atoms in total. The molecule has 0 saturated heterocycles. The van der Waals surface area contributed by atoms with E-state index in [4.69, 9.17) is 9.47 Å². The molecule has 1 rings (SSSR count). The SMILES string of the molecule is CCCCCCOC(OCCCCCC)C1CC(C)(C)C(C)=C1C. The summed E-state index contributed by atoms with van der Waals surface area (Å²) in [6, 6.07) is 0. The second kappa shape index (κ2) is 11.3. The van der Waals surface area contributed by atoms with Gasteiger partial charge in [0.05, 0.1) is 0 Å². The van der Waals surface area contributed by atoms with Gasteiger partial charge >= 0.3 is 0 Å². The van der Waals surface area contributed by atoms with Crippen LogP contribution in [0.2, 0.25) is 0 Å². The van der Waals surface area contributed by atoms with Crippen molar-refractivity contribution in [2.75, 3.05) is 13.2 Å². The molecule has 0 radical (unpaired) electrons. The Morgan fingerprint density at radius 1 is 0.875 bits per heavy atom. The number of hydrogen-bond acceptors (Lipinski definition) is 2. The lowest BCUT2D eigenvalue weighted by Crippen LogP contribution is -2.29. The molecule has 0 amide bonds. The van der Waals surface area contributed by atoms with Gasteiger partial charge in [-0.15, -0.1) is 0 Å². The average Bonchev–Trinajstić information content (AvgIpc) is 2.76. The third-order valence-electron chi connectivity index (χ3n) is 5.78. The highest BCUT2D eigenvalue weighted by atomic mass is 16.7. The van der Waals surface area contributed by atoms with E-state index in [0.717, 1.165) is 32.5 Å². The van der Waals surface area contributed by atoms with E-state index in [1.165, 1.54) is 49.7 Å². The molecule has 0 N–H and O–H groups in total. The normalized spacial score (nSPS) is 20.4. The van der Waals surface area contributed by atoms with E-state index in [0.29, 0.717) is 5.92 Å². The maximum absolute atomic E-state index is 6.23. The summed E-state index contributed by atoms with van der Waals surface area (Å²) in [5.74, 6) is 0.428. The van der Waals surface area contributed by atoms with Crippen molar-refractivity contribution in [2.24, 2.45) is 11.3 Å². The minimum Gasteiger partial charge on any atom is -0.352 e. The molecule has 0 spiro atoms. The molecule has 0 aromatic heterocycles. The first-order valence-electron chi connectivity index (χ1n) is 10.3. The van der Waals surface area contributed by atoms with Gasteiger partial charge in [0, 0.05) is 19.1 Å². The molecule has 1 unspecified atom stereocenters. The van der Waals surface area contributed by atoms with Crippen LogP contribution in [0.3, 0.4) is 0 Å². The Morgan fingerprint density at radius 3 is 1.75 bits per heavy atom. The molecule has 2 heteroatoms. The van der Waals surface area contributed by atoms with E-state index in [9.17, 15) is 0 Å². The molecule has 0 aromatic carbocycles. The molecule has 1 atom stereocenters. The monoisotopic (exact) mass is 338 g/mol. The fraction of sp³-hybridized carbons (Fsp3) is 0.909. The Labute approximate surface area is 151 Å². The first-order chi connectivity index (χ1) is 11.4. The van der Waals surface area contributed by atoms with Gasteiger partial charge < -0.3 is 9.47 Å². The summed E-state index contributed by atoms with van der Waals surface area (Å²) in [6.07, 6.45) is 11.1. The van der Waals surface area contributed by atoms with Crippen LogP contribution in [-0.2, 0) is 9.47 Å². The topological polar surface area (TPSA) is 18.5 Å². The van der Waals surface area contributed by atoms with Crippen LogP contribution >= 0.6 is 0 Å². The van der Waals surface area contributed by atoms with Gasteiger partial charge in [0.15, 0.2) is 6.29 Å². The third kappa shape index (κ3) is 6.88. The maximum atomic E-state index is 6.23. The van der Waals surface area contributed by atoms with E-state index in [2.05, 4.69) is 41.5 Å². The van der Waals surface area contributed by atoms with Crippen molar-refractivity contribution in [1.29, 1.82) is 0 Å². The van der Waals surface area contributed by atoms with E-state index in [-0.39, 0.29) is 11.7 Å². The zero-order valence-corrected chi connectivity index (χ0v) is 17.2. The second-order valence-electron chi connectivity index (χ2n) is 8.23. The number of ether oxygens (including phenoxy) is 2. The smallest absolute Gasteiger partial charge is 0.164 e. The van der Waals surface area contributed by atoms with Crippen LogP contribution in [-0.4, -0.2) is 19.5 Å². The summed E-state index contributed by atoms with van der Waals surface area (Å²) in [7, 11) is 0. The minimum atomic E-state index is -0.0509. The molecule has 142 valence electrons. The van der Waals surface area contributed by atoms with Crippen molar-refractivity contribution >= 4 is 0 Å². The summed E-state index contributed by atoms with van der Waals surface area (Å²) in [5, 5.41) is 0. The van der Waals surface area contributed by atoms with Gasteiger partial charge in [0.2, 0.25) is 0 Å². The lowest BCUT2D eigenvalue weighted by molar-refractivity contribution is -0.168. The molecular formula is C22H42O2. The molecular weight excluding hydrogens is 296 g/mol. The molecule has 0 saturated carbocycles. The van der Waals surface area contributed by atoms with Crippen molar-refractivity contribution < 1.29 is 9.47 Å². The molecule has 24 heavy (non-hydrogen) atoms. The molecule has 0 aromatic rings. The maximum Gasteiger partial charge on any atom is 0.164 e. The van der Waals surface area contributed by atoms with Gasteiger partial charge in [-0.1, -0.05) is 77.4 Å². The predicted octanol–water partition coefficient (Wildman–Crippen LogP) is 6.89. The lowest BCUT2D eigenvalue weighted by Gasteiger charge is -2.27.